The molecule has 0 unspecified atom stereocenters. The standard InChI is InChI=1S/C45H31N5/c1-3-11-36(12-4-1)45-44(47-42-17-9-10-30-49(42)45)35-24-28-40(29-25-35)50(38-14-5-2-6-15-38)39-26-22-33(23-27-39)32-18-20-34(21-19-32)43-41-16-8-7-13-37(41)31-46-48-43/h1-31H. The van der Waals surface area contributed by atoms with Gasteiger partial charge in [0.2, 0.25) is 0 Å². The topological polar surface area (TPSA) is 46.3 Å². The molecule has 0 atom stereocenters. The number of aromatic nitrogens is 4. The second kappa shape index (κ2) is 12.6. The molecule has 3 aromatic heterocycles. The fraction of sp³-hybridized carbons (Fsp3) is 0. The second-order valence-corrected chi connectivity index (χ2v) is 12.2. The monoisotopic (exact) mass is 641 g/mol. The predicted octanol–water partition coefficient (Wildman–Crippen LogP) is 11.4. The molecule has 5 nitrogen and oxygen atoms in total. The minimum absolute atomic E-state index is 0.895. The van der Waals surface area contributed by atoms with Crippen molar-refractivity contribution >= 4 is 33.5 Å². The second-order valence-electron chi connectivity index (χ2n) is 12.2. The Morgan fingerprint density at radius 1 is 0.420 bits per heavy atom. The summed E-state index contributed by atoms with van der Waals surface area (Å²) in [5, 5.41) is 10.9. The van der Waals surface area contributed by atoms with Crippen LogP contribution in [0.2, 0.25) is 0 Å². The van der Waals surface area contributed by atoms with Crippen molar-refractivity contribution in [1.29, 1.82) is 0 Å². The van der Waals surface area contributed by atoms with Gasteiger partial charge in [0.05, 0.1) is 17.6 Å². The van der Waals surface area contributed by atoms with Gasteiger partial charge in [-0.05, 0) is 59.7 Å². The summed E-state index contributed by atoms with van der Waals surface area (Å²) in [6.07, 6.45) is 3.89. The summed E-state index contributed by atoms with van der Waals surface area (Å²) in [5.41, 5.74) is 12.6. The summed E-state index contributed by atoms with van der Waals surface area (Å²) >= 11 is 0. The van der Waals surface area contributed by atoms with Crippen LogP contribution in [0.15, 0.2) is 188 Å². The Kier molecular flexibility index (Phi) is 7.41. The zero-order valence-corrected chi connectivity index (χ0v) is 27.1. The van der Waals surface area contributed by atoms with Crippen molar-refractivity contribution in [3.63, 3.8) is 0 Å². The number of nitrogens with zero attached hydrogens (tertiary/aromatic N) is 5. The Balaban J connectivity index is 1.04. The number of fused-ring (bicyclic) bond motifs is 2. The van der Waals surface area contributed by atoms with Crippen LogP contribution < -0.4 is 4.90 Å². The largest absolute Gasteiger partial charge is 0.311 e. The van der Waals surface area contributed by atoms with E-state index in [0.29, 0.717) is 0 Å². The number of anilines is 3. The molecular weight excluding hydrogens is 611 g/mol. The van der Waals surface area contributed by atoms with Gasteiger partial charge < -0.3 is 4.90 Å². The highest BCUT2D eigenvalue weighted by Gasteiger charge is 2.18. The Bertz CT molecular complexity index is 2550. The fourth-order valence-electron chi connectivity index (χ4n) is 6.73. The quantitative estimate of drug-likeness (QED) is 0.174. The van der Waals surface area contributed by atoms with Gasteiger partial charge in [0.1, 0.15) is 11.3 Å². The number of benzene rings is 6. The van der Waals surface area contributed by atoms with Gasteiger partial charge in [-0.25, -0.2) is 4.98 Å². The maximum atomic E-state index is 5.07. The van der Waals surface area contributed by atoms with E-state index in [-0.39, 0.29) is 0 Å². The summed E-state index contributed by atoms with van der Waals surface area (Å²) in [5.74, 6) is 0. The van der Waals surface area contributed by atoms with Gasteiger partial charge in [0, 0.05) is 50.7 Å². The van der Waals surface area contributed by atoms with E-state index in [2.05, 4.69) is 171 Å². The van der Waals surface area contributed by atoms with Crippen LogP contribution in [0.3, 0.4) is 0 Å². The van der Waals surface area contributed by atoms with E-state index < -0.39 is 0 Å². The normalized spacial score (nSPS) is 11.2. The molecule has 0 saturated heterocycles. The van der Waals surface area contributed by atoms with Crippen molar-refractivity contribution in [3.05, 3.63) is 188 Å². The molecule has 9 aromatic rings. The van der Waals surface area contributed by atoms with Crippen LogP contribution in [0, 0.1) is 0 Å². The van der Waals surface area contributed by atoms with E-state index in [9.17, 15) is 0 Å². The van der Waals surface area contributed by atoms with Crippen molar-refractivity contribution in [2.75, 3.05) is 4.90 Å². The molecule has 236 valence electrons. The predicted molar refractivity (Wildman–Crippen MR) is 205 cm³/mol. The molecule has 9 rings (SSSR count). The van der Waals surface area contributed by atoms with Gasteiger partial charge in [-0.2, -0.15) is 5.10 Å². The van der Waals surface area contributed by atoms with Crippen molar-refractivity contribution in [1.82, 2.24) is 19.6 Å². The summed E-state index contributed by atoms with van der Waals surface area (Å²) in [7, 11) is 0. The van der Waals surface area contributed by atoms with Gasteiger partial charge in [-0.3, -0.25) is 4.40 Å². The van der Waals surface area contributed by atoms with E-state index in [0.717, 1.165) is 78.4 Å². The highest BCUT2D eigenvalue weighted by Crippen LogP contribution is 2.38. The van der Waals surface area contributed by atoms with Crippen LogP contribution in [-0.4, -0.2) is 19.6 Å². The first-order valence-electron chi connectivity index (χ1n) is 16.7. The zero-order chi connectivity index (χ0) is 33.3. The fourth-order valence-corrected chi connectivity index (χ4v) is 6.73. The molecule has 0 spiro atoms. The zero-order valence-electron chi connectivity index (χ0n) is 27.1. The van der Waals surface area contributed by atoms with Crippen molar-refractivity contribution < 1.29 is 0 Å². The van der Waals surface area contributed by atoms with Crippen LogP contribution in [0.25, 0.3) is 61.3 Å². The van der Waals surface area contributed by atoms with Crippen molar-refractivity contribution in [2.24, 2.45) is 0 Å². The first-order valence-corrected chi connectivity index (χ1v) is 16.7. The number of imidazole rings is 1. The Morgan fingerprint density at radius 2 is 0.960 bits per heavy atom. The molecule has 0 aliphatic carbocycles. The summed E-state index contributed by atoms with van der Waals surface area (Å²) in [4.78, 5) is 7.36. The number of hydrogen-bond acceptors (Lipinski definition) is 4. The molecule has 3 heterocycles. The summed E-state index contributed by atoms with van der Waals surface area (Å²) in [6, 6.07) is 61.4. The molecule has 5 heteroatoms. The molecule has 0 aliphatic rings. The van der Waals surface area contributed by atoms with Gasteiger partial charge in [-0.15, -0.1) is 5.10 Å². The lowest BCUT2D eigenvalue weighted by molar-refractivity contribution is 1.06. The Morgan fingerprint density at radius 3 is 1.68 bits per heavy atom. The third kappa shape index (κ3) is 5.37. The lowest BCUT2D eigenvalue weighted by Gasteiger charge is -2.26. The molecule has 0 aliphatic heterocycles. The number of para-hydroxylation sites is 1. The van der Waals surface area contributed by atoms with Crippen molar-refractivity contribution in [3.8, 4) is 44.9 Å². The molecule has 6 aromatic carbocycles. The Labute approximate surface area is 290 Å². The maximum absolute atomic E-state index is 5.07. The van der Waals surface area contributed by atoms with Gasteiger partial charge in [0.15, 0.2) is 0 Å². The lowest BCUT2D eigenvalue weighted by Crippen LogP contribution is -2.09. The van der Waals surface area contributed by atoms with Crippen molar-refractivity contribution in [2.45, 2.75) is 0 Å². The molecule has 0 fully saturated rings. The smallest absolute Gasteiger partial charge is 0.137 e. The van der Waals surface area contributed by atoms with E-state index in [1.54, 1.807) is 0 Å². The first-order chi connectivity index (χ1) is 24.8. The lowest BCUT2D eigenvalue weighted by atomic mass is 10.00. The highest BCUT2D eigenvalue weighted by molar-refractivity contribution is 5.94. The molecule has 50 heavy (non-hydrogen) atoms. The molecule has 0 bridgehead atoms. The minimum Gasteiger partial charge on any atom is -0.311 e. The molecular formula is C45H31N5. The van der Waals surface area contributed by atoms with Crippen LogP contribution >= 0.6 is 0 Å². The van der Waals surface area contributed by atoms with Gasteiger partial charge in [0.25, 0.3) is 0 Å². The maximum Gasteiger partial charge on any atom is 0.137 e. The number of pyridine rings is 1. The average molecular weight is 642 g/mol. The average Bonchev–Trinajstić information content (AvgIpc) is 3.59. The van der Waals surface area contributed by atoms with E-state index >= 15 is 0 Å². The van der Waals surface area contributed by atoms with Gasteiger partial charge >= 0.3 is 0 Å². The van der Waals surface area contributed by atoms with E-state index in [1.807, 2.05) is 36.5 Å². The molecule has 0 radical (unpaired) electrons. The number of rotatable bonds is 7. The van der Waals surface area contributed by atoms with Crippen LogP contribution in [-0.2, 0) is 0 Å². The van der Waals surface area contributed by atoms with Crippen LogP contribution in [0.5, 0.6) is 0 Å². The summed E-state index contributed by atoms with van der Waals surface area (Å²) < 4.78 is 2.17. The number of hydrogen-bond donors (Lipinski definition) is 0. The molecule has 0 saturated carbocycles. The van der Waals surface area contributed by atoms with Crippen LogP contribution in [0.4, 0.5) is 17.1 Å². The minimum atomic E-state index is 0.895. The van der Waals surface area contributed by atoms with E-state index in [1.165, 1.54) is 0 Å². The summed E-state index contributed by atoms with van der Waals surface area (Å²) in [6.45, 7) is 0. The first kappa shape index (κ1) is 29.3. The van der Waals surface area contributed by atoms with Crippen LogP contribution in [0.1, 0.15) is 0 Å². The Hall–Kier alpha value is -6.85. The molecule has 0 N–H and O–H groups in total. The highest BCUT2D eigenvalue weighted by atomic mass is 15.1. The van der Waals surface area contributed by atoms with Gasteiger partial charge in [-0.1, -0.05) is 127 Å². The third-order valence-electron chi connectivity index (χ3n) is 9.18. The third-order valence-corrected chi connectivity index (χ3v) is 9.18. The SMILES string of the molecule is c1ccc(-c2c(-c3ccc(N(c4ccccc4)c4ccc(-c5ccc(-c6nncc7ccccc67)cc5)cc4)cc3)nc3ccccn23)cc1. The van der Waals surface area contributed by atoms with E-state index in [4.69, 9.17) is 4.98 Å². The molecule has 0 amide bonds.